The Morgan fingerprint density at radius 2 is 1.61 bits per heavy atom. The van der Waals surface area contributed by atoms with Crippen LogP contribution < -0.4 is 0 Å². The Hall–Kier alpha value is -1.66. The summed E-state index contributed by atoms with van der Waals surface area (Å²) in [5.74, 6) is 0.525. The van der Waals surface area contributed by atoms with Gasteiger partial charge >= 0.3 is 0 Å². The van der Waals surface area contributed by atoms with Gasteiger partial charge in [-0.05, 0) is 24.7 Å². The maximum Gasteiger partial charge on any atom is 0.246 e. The Morgan fingerprint density at radius 1 is 1.04 bits per heavy atom. The Labute approximate surface area is 169 Å². The summed E-state index contributed by atoms with van der Waals surface area (Å²) >= 11 is 0. The molecule has 1 fully saturated rings. The number of aromatic nitrogens is 2. The average Bonchev–Trinajstić information content (AvgIpc) is 3.31. The molecule has 1 aliphatic carbocycles. The lowest BCUT2D eigenvalue weighted by Gasteiger charge is -2.25. The maximum absolute atomic E-state index is 13.7. The van der Waals surface area contributed by atoms with Gasteiger partial charge in [0.15, 0.2) is 0 Å². The molecule has 0 atom stereocenters. The van der Waals surface area contributed by atoms with Gasteiger partial charge in [0.25, 0.3) is 0 Å². The van der Waals surface area contributed by atoms with E-state index in [1.54, 1.807) is 10.5 Å². The molecule has 1 heterocycles. The van der Waals surface area contributed by atoms with Crippen molar-refractivity contribution in [2.75, 3.05) is 13.1 Å². The normalized spacial score (nSPS) is 16.0. The van der Waals surface area contributed by atoms with Gasteiger partial charge < -0.3 is 0 Å². The molecule has 1 aliphatic rings. The van der Waals surface area contributed by atoms with Crippen molar-refractivity contribution in [3.8, 4) is 11.3 Å². The van der Waals surface area contributed by atoms with E-state index in [0.29, 0.717) is 29.7 Å². The second-order valence-electron chi connectivity index (χ2n) is 8.74. The molecule has 0 saturated heterocycles. The third kappa shape index (κ3) is 4.66. The highest BCUT2D eigenvalue weighted by Crippen LogP contribution is 2.34. The van der Waals surface area contributed by atoms with Crippen molar-refractivity contribution in [3.63, 3.8) is 0 Å². The van der Waals surface area contributed by atoms with Gasteiger partial charge in [-0.15, -0.1) is 0 Å². The molecule has 154 valence electrons. The van der Waals surface area contributed by atoms with Crippen molar-refractivity contribution in [2.24, 2.45) is 11.8 Å². The lowest BCUT2D eigenvalue weighted by atomic mass is 10.2. The highest BCUT2D eigenvalue weighted by molar-refractivity contribution is 7.89. The van der Waals surface area contributed by atoms with E-state index in [9.17, 15) is 8.42 Å². The Morgan fingerprint density at radius 3 is 2.14 bits per heavy atom. The molecule has 0 bridgehead atoms. The maximum atomic E-state index is 13.7. The number of sulfonamides is 1. The van der Waals surface area contributed by atoms with Gasteiger partial charge in [-0.3, -0.25) is 4.68 Å². The van der Waals surface area contributed by atoms with Crippen LogP contribution in [0.4, 0.5) is 0 Å². The highest BCUT2D eigenvalue weighted by Gasteiger charge is 2.32. The number of rotatable bonds is 8. The van der Waals surface area contributed by atoms with Crippen molar-refractivity contribution in [1.82, 2.24) is 14.1 Å². The first-order chi connectivity index (χ1) is 13.3. The standard InChI is InChI=1S/C22H33N3O2S/c1-17(2)14-24(15-18(3)4)28(26,27)21-16-25(20-12-8-9-13-20)23-22(21)19-10-6-5-7-11-19/h5-7,10-11,16-18,20H,8-9,12-15H2,1-4H3. The summed E-state index contributed by atoms with van der Waals surface area (Å²) in [5, 5.41) is 4.78. The van der Waals surface area contributed by atoms with Crippen molar-refractivity contribution in [2.45, 2.75) is 64.3 Å². The van der Waals surface area contributed by atoms with Crippen LogP contribution in [0.5, 0.6) is 0 Å². The lowest BCUT2D eigenvalue weighted by Crippen LogP contribution is -2.37. The topological polar surface area (TPSA) is 55.2 Å². The third-order valence-corrected chi connectivity index (χ3v) is 7.03. The first kappa shape index (κ1) is 21.1. The summed E-state index contributed by atoms with van der Waals surface area (Å²) in [4.78, 5) is 0.340. The number of hydrogen-bond donors (Lipinski definition) is 0. The molecule has 0 spiro atoms. The highest BCUT2D eigenvalue weighted by atomic mass is 32.2. The predicted molar refractivity (Wildman–Crippen MR) is 114 cm³/mol. The summed E-state index contributed by atoms with van der Waals surface area (Å²) in [6, 6.07) is 9.98. The van der Waals surface area contributed by atoms with Crippen LogP contribution in [0.1, 0.15) is 59.4 Å². The first-order valence-electron chi connectivity index (χ1n) is 10.4. The fourth-order valence-corrected chi connectivity index (χ4v) is 5.85. The van der Waals surface area contributed by atoms with E-state index in [1.165, 1.54) is 12.8 Å². The number of benzene rings is 1. The summed E-state index contributed by atoms with van der Waals surface area (Å²) in [6.45, 7) is 9.27. The van der Waals surface area contributed by atoms with Crippen LogP contribution in [0.3, 0.4) is 0 Å². The molecule has 6 heteroatoms. The van der Waals surface area contributed by atoms with Gasteiger partial charge in [-0.1, -0.05) is 70.9 Å². The Balaban J connectivity index is 2.09. The molecule has 2 aromatic rings. The van der Waals surface area contributed by atoms with E-state index in [2.05, 4.69) is 27.7 Å². The van der Waals surface area contributed by atoms with E-state index >= 15 is 0 Å². The molecule has 0 radical (unpaired) electrons. The molecule has 0 N–H and O–H groups in total. The van der Waals surface area contributed by atoms with Gasteiger partial charge in [-0.25, -0.2) is 8.42 Å². The van der Waals surface area contributed by atoms with Crippen LogP contribution in [0.15, 0.2) is 41.4 Å². The lowest BCUT2D eigenvalue weighted by molar-refractivity contribution is 0.333. The van der Waals surface area contributed by atoms with E-state index in [0.717, 1.165) is 18.4 Å². The number of hydrogen-bond acceptors (Lipinski definition) is 3. The van der Waals surface area contributed by atoms with Crippen LogP contribution in [0.2, 0.25) is 0 Å². The van der Waals surface area contributed by atoms with Gasteiger partial charge in [0.05, 0.1) is 6.04 Å². The SMILES string of the molecule is CC(C)CN(CC(C)C)S(=O)(=O)c1cn(C2CCCC2)nc1-c1ccccc1. The van der Waals surface area contributed by atoms with Crippen LogP contribution >= 0.6 is 0 Å². The summed E-state index contributed by atoms with van der Waals surface area (Å²) in [5.41, 5.74) is 1.43. The molecule has 0 unspecified atom stereocenters. The minimum absolute atomic E-state index is 0.263. The van der Waals surface area contributed by atoms with E-state index in [-0.39, 0.29) is 11.8 Å². The van der Waals surface area contributed by atoms with Crippen molar-refractivity contribution < 1.29 is 8.42 Å². The van der Waals surface area contributed by atoms with Crippen molar-refractivity contribution in [1.29, 1.82) is 0 Å². The van der Waals surface area contributed by atoms with E-state index < -0.39 is 10.0 Å². The molecule has 1 aromatic heterocycles. The molecule has 3 rings (SSSR count). The van der Waals surface area contributed by atoms with Crippen LogP contribution in [0, 0.1) is 11.8 Å². The Kier molecular flexibility index (Phi) is 6.61. The van der Waals surface area contributed by atoms with Crippen LogP contribution in [-0.4, -0.2) is 35.6 Å². The molecular weight excluding hydrogens is 370 g/mol. The quantitative estimate of drug-likeness (QED) is 0.625. The largest absolute Gasteiger partial charge is 0.268 e. The zero-order valence-corrected chi connectivity index (χ0v) is 18.3. The monoisotopic (exact) mass is 403 g/mol. The Bertz CT molecular complexity index is 856. The zero-order valence-electron chi connectivity index (χ0n) is 17.5. The minimum Gasteiger partial charge on any atom is -0.268 e. The van der Waals surface area contributed by atoms with E-state index in [4.69, 9.17) is 5.10 Å². The molecule has 28 heavy (non-hydrogen) atoms. The van der Waals surface area contributed by atoms with Crippen LogP contribution in [-0.2, 0) is 10.0 Å². The molecule has 1 aromatic carbocycles. The van der Waals surface area contributed by atoms with Crippen LogP contribution in [0.25, 0.3) is 11.3 Å². The first-order valence-corrected chi connectivity index (χ1v) is 11.9. The second-order valence-corrected chi connectivity index (χ2v) is 10.6. The third-order valence-electron chi connectivity index (χ3n) is 5.20. The molecule has 0 aliphatic heterocycles. The fraction of sp³-hybridized carbons (Fsp3) is 0.591. The molecule has 1 saturated carbocycles. The number of nitrogens with zero attached hydrogens (tertiary/aromatic N) is 3. The van der Waals surface area contributed by atoms with Crippen molar-refractivity contribution in [3.05, 3.63) is 36.5 Å². The summed E-state index contributed by atoms with van der Waals surface area (Å²) in [6.07, 6.45) is 6.27. The van der Waals surface area contributed by atoms with Gasteiger partial charge in [0.2, 0.25) is 10.0 Å². The van der Waals surface area contributed by atoms with E-state index in [1.807, 2.05) is 35.0 Å². The average molecular weight is 404 g/mol. The van der Waals surface area contributed by atoms with Gasteiger partial charge in [0, 0.05) is 24.8 Å². The van der Waals surface area contributed by atoms with Gasteiger partial charge in [-0.2, -0.15) is 9.40 Å². The van der Waals surface area contributed by atoms with Crippen molar-refractivity contribution >= 4 is 10.0 Å². The molecule has 5 nitrogen and oxygen atoms in total. The predicted octanol–water partition coefficient (Wildman–Crippen LogP) is 4.97. The fourth-order valence-electron chi connectivity index (χ4n) is 3.94. The summed E-state index contributed by atoms with van der Waals surface area (Å²) < 4.78 is 30.9. The second kappa shape index (κ2) is 8.78. The van der Waals surface area contributed by atoms with Gasteiger partial charge in [0.1, 0.15) is 10.6 Å². The summed E-state index contributed by atoms with van der Waals surface area (Å²) in [7, 11) is -3.63. The molecular formula is C22H33N3O2S. The smallest absolute Gasteiger partial charge is 0.246 e. The zero-order chi connectivity index (χ0) is 20.3. The molecule has 0 amide bonds. The minimum atomic E-state index is -3.63.